The van der Waals surface area contributed by atoms with E-state index < -0.39 is 0 Å². The third kappa shape index (κ3) is 6.61. The average Bonchev–Trinajstić information content (AvgIpc) is 2.69. The molecule has 0 atom stereocenters. The third-order valence-corrected chi connectivity index (χ3v) is 4.91. The minimum atomic E-state index is 0.738. The quantitative estimate of drug-likeness (QED) is 0.553. The van der Waals surface area contributed by atoms with E-state index in [-0.39, 0.29) is 0 Å². The van der Waals surface area contributed by atoms with Gasteiger partial charge in [0.1, 0.15) is 0 Å². The summed E-state index contributed by atoms with van der Waals surface area (Å²) in [6.45, 7) is 11.8. The Bertz CT molecular complexity index is 493. The van der Waals surface area contributed by atoms with Crippen LogP contribution in [-0.2, 0) is 0 Å². The van der Waals surface area contributed by atoms with Crippen LogP contribution < -0.4 is 15.1 Å². The normalized spacial score (nSPS) is 14.5. The molecule has 1 aliphatic heterocycles. The van der Waals surface area contributed by atoms with Gasteiger partial charge in [0.05, 0.1) is 0 Å². The van der Waals surface area contributed by atoms with E-state index in [0.717, 1.165) is 57.0 Å². The van der Waals surface area contributed by atoms with Gasteiger partial charge in [0.25, 0.3) is 0 Å². The highest BCUT2D eigenvalue weighted by Crippen LogP contribution is 2.21. The van der Waals surface area contributed by atoms with Gasteiger partial charge >= 0.3 is 0 Å². The van der Waals surface area contributed by atoms with Crippen LogP contribution in [-0.4, -0.2) is 47.7 Å². The largest absolute Gasteiger partial charge is 0.354 e. The fourth-order valence-electron chi connectivity index (χ4n) is 3.20. The Morgan fingerprint density at radius 3 is 2.12 bits per heavy atom. The van der Waals surface area contributed by atoms with Crippen molar-refractivity contribution >= 4 is 17.8 Å². The number of hydrogen-bond acceptors (Lipinski definition) is 6. The number of hydrogen-bond donors (Lipinski definition) is 1. The molecule has 0 aromatic carbocycles. The second-order valence-corrected chi connectivity index (χ2v) is 7.28. The van der Waals surface area contributed by atoms with Gasteiger partial charge in [-0.1, -0.05) is 40.0 Å². The molecule has 1 N–H and O–H groups in total. The number of unbranched alkanes of at least 4 members (excludes halogenated alkanes) is 3. The first kappa shape index (κ1) is 20.7. The lowest BCUT2D eigenvalue weighted by Gasteiger charge is -2.29. The number of aromatic nitrogens is 3. The van der Waals surface area contributed by atoms with Crippen molar-refractivity contribution in [3.05, 3.63) is 0 Å². The zero-order valence-electron chi connectivity index (χ0n) is 17.1. The van der Waals surface area contributed by atoms with Gasteiger partial charge in [-0.2, -0.15) is 15.0 Å². The van der Waals surface area contributed by atoms with Gasteiger partial charge in [0.15, 0.2) is 0 Å². The van der Waals surface area contributed by atoms with E-state index in [2.05, 4.69) is 35.9 Å². The lowest BCUT2D eigenvalue weighted by Crippen LogP contribution is -2.33. The van der Waals surface area contributed by atoms with Crippen LogP contribution in [0.1, 0.15) is 78.6 Å². The van der Waals surface area contributed by atoms with Crippen molar-refractivity contribution in [3.8, 4) is 0 Å². The molecule has 0 radical (unpaired) electrons. The zero-order valence-corrected chi connectivity index (χ0v) is 17.1. The summed E-state index contributed by atoms with van der Waals surface area (Å²) in [6, 6.07) is 0. The van der Waals surface area contributed by atoms with Crippen molar-refractivity contribution in [2.75, 3.05) is 47.8 Å². The Hall–Kier alpha value is -1.59. The molecule has 2 heterocycles. The zero-order chi connectivity index (χ0) is 18.6. The molecule has 1 aromatic heterocycles. The minimum Gasteiger partial charge on any atom is -0.354 e. The van der Waals surface area contributed by atoms with Gasteiger partial charge in [-0.25, -0.2) is 0 Å². The first-order valence-electron chi connectivity index (χ1n) is 10.8. The number of nitrogens with zero attached hydrogens (tertiary/aromatic N) is 5. The smallest absolute Gasteiger partial charge is 0.231 e. The number of nitrogens with one attached hydrogen (secondary N) is 1. The molecule has 6 nitrogen and oxygen atoms in total. The van der Waals surface area contributed by atoms with Crippen molar-refractivity contribution in [2.24, 2.45) is 0 Å². The molecule has 0 bridgehead atoms. The summed E-state index contributed by atoms with van der Waals surface area (Å²) in [4.78, 5) is 19.1. The molecule has 0 aliphatic carbocycles. The van der Waals surface area contributed by atoms with Gasteiger partial charge < -0.3 is 15.1 Å². The van der Waals surface area contributed by atoms with Crippen molar-refractivity contribution in [1.82, 2.24) is 15.0 Å². The predicted octanol–water partition coefficient (Wildman–Crippen LogP) is 4.48. The maximum Gasteiger partial charge on any atom is 0.231 e. The van der Waals surface area contributed by atoms with E-state index in [1.54, 1.807) is 0 Å². The van der Waals surface area contributed by atoms with Crippen LogP contribution in [0.4, 0.5) is 17.8 Å². The summed E-state index contributed by atoms with van der Waals surface area (Å²) >= 11 is 0. The van der Waals surface area contributed by atoms with E-state index in [0.29, 0.717) is 0 Å². The van der Waals surface area contributed by atoms with Crippen LogP contribution in [0.3, 0.4) is 0 Å². The second kappa shape index (κ2) is 11.9. The summed E-state index contributed by atoms with van der Waals surface area (Å²) < 4.78 is 0. The highest BCUT2D eigenvalue weighted by molar-refractivity contribution is 5.45. The van der Waals surface area contributed by atoms with Crippen molar-refractivity contribution in [3.63, 3.8) is 0 Å². The Labute approximate surface area is 159 Å². The molecule has 1 aliphatic rings. The van der Waals surface area contributed by atoms with Crippen LogP contribution in [0, 0.1) is 0 Å². The van der Waals surface area contributed by atoms with Gasteiger partial charge in [0.2, 0.25) is 17.8 Å². The summed E-state index contributed by atoms with van der Waals surface area (Å²) in [7, 11) is 0. The number of rotatable bonds is 12. The Morgan fingerprint density at radius 1 is 0.846 bits per heavy atom. The highest BCUT2D eigenvalue weighted by atomic mass is 15.4. The third-order valence-electron chi connectivity index (χ3n) is 4.91. The molecule has 0 saturated carbocycles. The number of piperidine rings is 1. The molecule has 0 amide bonds. The van der Waals surface area contributed by atoms with Crippen molar-refractivity contribution in [1.29, 1.82) is 0 Å². The van der Waals surface area contributed by atoms with E-state index in [9.17, 15) is 0 Å². The molecule has 1 fully saturated rings. The van der Waals surface area contributed by atoms with E-state index in [1.165, 1.54) is 51.4 Å². The molecule has 6 heteroatoms. The summed E-state index contributed by atoms with van der Waals surface area (Å²) in [5.41, 5.74) is 0. The molecule has 148 valence electrons. The van der Waals surface area contributed by atoms with Crippen LogP contribution in [0.5, 0.6) is 0 Å². The van der Waals surface area contributed by atoms with Crippen LogP contribution in [0.2, 0.25) is 0 Å². The molecule has 2 rings (SSSR count). The van der Waals surface area contributed by atoms with E-state index in [1.807, 2.05) is 0 Å². The summed E-state index contributed by atoms with van der Waals surface area (Å²) in [5, 5.41) is 3.42. The Morgan fingerprint density at radius 2 is 1.50 bits per heavy atom. The van der Waals surface area contributed by atoms with Crippen LogP contribution in [0.25, 0.3) is 0 Å². The monoisotopic (exact) mass is 362 g/mol. The highest BCUT2D eigenvalue weighted by Gasteiger charge is 2.18. The topological polar surface area (TPSA) is 57.2 Å². The SMILES string of the molecule is CCCCNc1nc(N(CCCC)CCCC)nc(N2CCCCC2)n1. The number of anilines is 3. The molecular weight excluding hydrogens is 324 g/mol. The maximum atomic E-state index is 4.88. The molecule has 0 unspecified atom stereocenters. The molecule has 1 aromatic rings. The minimum absolute atomic E-state index is 0.738. The maximum absolute atomic E-state index is 4.88. The van der Waals surface area contributed by atoms with Gasteiger partial charge in [-0.3, -0.25) is 0 Å². The fourth-order valence-corrected chi connectivity index (χ4v) is 3.20. The lowest BCUT2D eigenvalue weighted by molar-refractivity contribution is 0.566. The molecule has 1 saturated heterocycles. The van der Waals surface area contributed by atoms with Crippen molar-refractivity contribution in [2.45, 2.75) is 78.6 Å². The fraction of sp³-hybridized carbons (Fsp3) is 0.850. The van der Waals surface area contributed by atoms with Gasteiger partial charge in [-0.05, 0) is 38.5 Å². The lowest BCUT2D eigenvalue weighted by atomic mass is 10.1. The summed E-state index contributed by atoms with van der Waals surface area (Å²) in [6.07, 6.45) is 10.8. The standard InChI is InChI=1S/C20H38N6/c1-4-7-13-21-18-22-19(25(14-8-5-2)15-9-6-3)24-20(23-18)26-16-11-10-12-17-26/h4-17H2,1-3H3,(H,21,22,23,24). The molecule has 0 spiro atoms. The van der Waals surface area contributed by atoms with E-state index >= 15 is 0 Å². The molecular formula is C20H38N6. The Kier molecular flexibility index (Phi) is 9.50. The second-order valence-electron chi connectivity index (χ2n) is 7.28. The first-order valence-corrected chi connectivity index (χ1v) is 10.8. The summed E-state index contributed by atoms with van der Waals surface area (Å²) in [5.74, 6) is 2.44. The Balaban J connectivity index is 2.22. The van der Waals surface area contributed by atoms with Gasteiger partial charge in [0, 0.05) is 32.7 Å². The predicted molar refractivity (Wildman–Crippen MR) is 111 cm³/mol. The van der Waals surface area contributed by atoms with E-state index in [4.69, 9.17) is 15.0 Å². The van der Waals surface area contributed by atoms with Crippen LogP contribution >= 0.6 is 0 Å². The molecule has 26 heavy (non-hydrogen) atoms. The average molecular weight is 363 g/mol. The van der Waals surface area contributed by atoms with Gasteiger partial charge in [-0.15, -0.1) is 0 Å². The first-order chi connectivity index (χ1) is 12.8. The van der Waals surface area contributed by atoms with Crippen LogP contribution in [0.15, 0.2) is 0 Å². The van der Waals surface area contributed by atoms with Crippen molar-refractivity contribution < 1.29 is 0 Å².